The maximum atomic E-state index is 12.5. The van der Waals surface area contributed by atoms with Crippen LogP contribution in [-0.2, 0) is 4.79 Å². The van der Waals surface area contributed by atoms with E-state index in [1.807, 2.05) is 55.5 Å². The fraction of sp³-hybridized carbons (Fsp3) is 0.190. The van der Waals surface area contributed by atoms with E-state index < -0.39 is 0 Å². The van der Waals surface area contributed by atoms with E-state index in [0.29, 0.717) is 24.6 Å². The summed E-state index contributed by atoms with van der Waals surface area (Å²) in [5, 5.41) is 7.09. The molecule has 5 heteroatoms. The largest absolute Gasteiger partial charge is 0.492 e. The predicted molar refractivity (Wildman–Crippen MR) is 106 cm³/mol. The number of benzene rings is 2. The molecule has 0 radical (unpaired) electrons. The number of quaternary nitrogens is 1. The number of thiophene rings is 1. The summed E-state index contributed by atoms with van der Waals surface area (Å²) in [6, 6.07) is 22.0. The first-order valence-electron chi connectivity index (χ1n) is 8.71. The van der Waals surface area contributed by atoms with E-state index in [-0.39, 0.29) is 11.9 Å². The molecule has 1 aromatic heterocycles. The number of nitrogens with one attached hydrogen (secondary N) is 1. The smallest absolute Gasteiger partial charge is 0.279 e. The third kappa shape index (κ3) is 4.71. The van der Waals surface area contributed by atoms with Gasteiger partial charge in [-0.3, -0.25) is 4.79 Å². The Kier molecular flexibility index (Phi) is 6.41. The van der Waals surface area contributed by atoms with Crippen molar-refractivity contribution in [1.82, 2.24) is 0 Å². The highest BCUT2D eigenvalue weighted by Gasteiger charge is 2.20. The monoisotopic (exact) mass is 367 g/mol. The highest BCUT2D eigenvalue weighted by atomic mass is 32.1. The second kappa shape index (κ2) is 9.17. The van der Waals surface area contributed by atoms with E-state index in [9.17, 15) is 4.79 Å². The summed E-state index contributed by atoms with van der Waals surface area (Å²) >= 11 is 1.71. The highest BCUT2D eigenvalue weighted by Crippen LogP contribution is 2.24. The average molecular weight is 367 g/mol. The number of amides is 1. The van der Waals surface area contributed by atoms with Gasteiger partial charge in [-0.2, -0.15) is 0 Å². The van der Waals surface area contributed by atoms with Crippen LogP contribution in [0.2, 0.25) is 0 Å². The third-order valence-corrected chi connectivity index (χ3v) is 4.96. The number of rotatable bonds is 8. The molecular formula is C21H23N2O2S+. The Morgan fingerprint density at radius 1 is 1.08 bits per heavy atom. The molecule has 1 amide bonds. The average Bonchev–Trinajstić information content (AvgIpc) is 3.19. The van der Waals surface area contributed by atoms with Gasteiger partial charge in [0.05, 0.1) is 17.2 Å². The molecule has 0 saturated carbocycles. The Labute approximate surface area is 157 Å². The number of carbonyl (C=O) groups is 1. The maximum Gasteiger partial charge on any atom is 0.279 e. The van der Waals surface area contributed by atoms with Crippen LogP contribution < -0.4 is 15.4 Å². The van der Waals surface area contributed by atoms with E-state index in [1.165, 1.54) is 10.4 Å². The number of hydrogen-bond acceptors (Lipinski definition) is 3. The minimum absolute atomic E-state index is 0.0466. The predicted octanol–water partition coefficient (Wildman–Crippen LogP) is 3.44. The van der Waals surface area contributed by atoms with Gasteiger partial charge >= 0.3 is 0 Å². The molecule has 0 aliphatic carbocycles. The molecule has 0 bridgehead atoms. The quantitative estimate of drug-likeness (QED) is 0.641. The van der Waals surface area contributed by atoms with E-state index >= 15 is 0 Å². The Hall–Kier alpha value is -2.63. The van der Waals surface area contributed by atoms with Crippen LogP contribution in [0.3, 0.4) is 0 Å². The van der Waals surface area contributed by atoms with Crippen molar-refractivity contribution in [3.63, 3.8) is 0 Å². The Morgan fingerprint density at radius 2 is 1.85 bits per heavy atom. The fourth-order valence-corrected chi connectivity index (χ4v) is 3.67. The Balaban J connectivity index is 1.67. The van der Waals surface area contributed by atoms with Crippen molar-refractivity contribution in [2.75, 3.05) is 18.5 Å². The molecule has 0 saturated heterocycles. The third-order valence-electron chi connectivity index (χ3n) is 4.01. The van der Waals surface area contributed by atoms with E-state index in [0.717, 1.165) is 0 Å². The molecule has 0 aliphatic rings. The number of para-hydroxylation sites is 2. The van der Waals surface area contributed by atoms with Gasteiger partial charge in [-0.05, 0) is 30.5 Å². The zero-order chi connectivity index (χ0) is 18.2. The van der Waals surface area contributed by atoms with Gasteiger partial charge in [-0.25, -0.2) is 0 Å². The van der Waals surface area contributed by atoms with E-state index in [4.69, 9.17) is 4.74 Å². The van der Waals surface area contributed by atoms with Crippen LogP contribution in [0.15, 0.2) is 72.1 Å². The molecular weight excluding hydrogens is 344 g/mol. The topological polar surface area (TPSA) is 54.9 Å². The summed E-state index contributed by atoms with van der Waals surface area (Å²) in [6.07, 6.45) is 0. The van der Waals surface area contributed by atoms with Gasteiger partial charge in [0.25, 0.3) is 5.91 Å². The number of anilines is 1. The van der Waals surface area contributed by atoms with Gasteiger partial charge in [0.1, 0.15) is 11.8 Å². The molecule has 3 aromatic rings. The minimum Gasteiger partial charge on any atom is -0.492 e. The van der Waals surface area contributed by atoms with Gasteiger partial charge < -0.3 is 15.4 Å². The number of nitrogens with two attached hydrogens (primary N) is 1. The van der Waals surface area contributed by atoms with Gasteiger partial charge in [-0.15, -0.1) is 11.3 Å². The Bertz CT molecular complexity index is 819. The fourth-order valence-electron chi connectivity index (χ4n) is 2.82. The highest BCUT2D eigenvalue weighted by molar-refractivity contribution is 7.10. The standard InChI is InChI=1S/C21H22N2O2S/c1-2-25-18-12-7-6-11-17(18)23-20(24)15-22-21(19-13-8-14-26-19)16-9-4-3-5-10-16/h3-14,21-22H,2,15H2,1H3,(H,23,24)/p+1/t21-/m0/s1. The number of carbonyl (C=O) groups excluding carboxylic acids is 1. The SMILES string of the molecule is CCOc1ccccc1NC(=O)C[NH2+][C@@H](c1ccccc1)c1cccs1. The Morgan fingerprint density at radius 3 is 2.58 bits per heavy atom. The lowest BCUT2D eigenvalue weighted by atomic mass is 10.1. The summed E-state index contributed by atoms with van der Waals surface area (Å²) in [5.74, 6) is 0.649. The summed E-state index contributed by atoms with van der Waals surface area (Å²) in [5.41, 5.74) is 1.90. The van der Waals surface area contributed by atoms with Crippen molar-refractivity contribution in [2.24, 2.45) is 0 Å². The maximum absolute atomic E-state index is 12.5. The zero-order valence-electron chi connectivity index (χ0n) is 14.7. The molecule has 134 valence electrons. The summed E-state index contributed by atoms with van der Waals surface area (Å²) in [4.78, 5) is 13.7. The lowest BCUT2D eigenvalue weighted by Crippen LogP contribution is -2.87. The molecule has 0 unspecified atom stereocenters. The molecule has 3 rings (SSSR count). The van der Waals surface area contributed by atoms with Gasteiger partial charge in [0, 0.05) is 5.56 Å². The molecule has 1 atom stereocenters. The lowest BCUT2D eigenvalue weighted by molar-refractivity contribution is -0.675. The zero-order valence-corrected chi connectivity index (χ0v) is 15.5. The first kappa shape index (κ1) is 18.2. The molecule has 0 fully saturated rings. The van der Waals surface area contributed by atoms with Gasteiger partial charge in [0.15, 0.2) is 6.54 Å². The van der Waals surface area contributed by atoms with Gasteiger partial charge in [-0.1, -0.05) is 48.5 Å². The van der Waals surface area contributed by atoms with Gasteiger partial charge in [0.2, 0.25) is 0 Å². The minimum atomic E-state index is -0.0466. The molecule has 2 aromatic carbocycles. The van der Waals surface area contributed by atoms with Crippen molar-refractivity contribution in [3.05, 3.63) is 82.6 Å². The van der Waals surface area contributed by atoms with Crippen LogP contribution in [0.1, 0.15) is 23.4 Å². The number of hydrogen-bond donors (Lipinski definition) is 2. The van der Waals surface area contributed by atoms with Crippen molar-refractivity contribution in [3.8, 4) is 5.75 Å². The van der Waals surface area contributed by atoms with Crippen LogP contribution in [-0.4, -0.2) is 19.1 Å². The summed E-state index contributed by atoms with van der Waals surface area (Å²) in [6.45, 7) is 2.82. The molecule has 0 spiro atoms. The summed E-state index contributed by atoms with van der Waals surface area (Å²) in [7, 11) is 0. The molecule has 1 heterocycles. The normalized spacial score (nSPS) is 11.7. The van der Waals surface area contributed by atoms with Crippen LogP contribution in [0, 0.1) is 0 Å². The van der Waals surface area contributed by atoms with Crippen molar-refractivity contribution in [1.29, 1.82) is 0 Å². The molecule has 0 aliphatic heterocycles. The van der Waals surface area contributed by atoms with Crippen LogP contribution in [0.25, 0.3) is 0 Å². The van der Waals surface area contributed by atoms with Crippen molar-refractivity contribution >= 4 is 22.9 Å². The second-order valence-corrected chi connectivity index (χ2v) is 6.80. The first-order valence-corrected chi connectivity index (χ1v) is 9.59. The number of ether oxygens (including phenoxy) is 1. The molecule has 4 nitrogen and oxygen atoms in total. The van der Waals surface area contributed by atoms with Crippen LogP contribution in [0.4, 0.5) is 5.69 Å². The molecule has 3 N–H and O–H groups in total. The first-order chi connectivity index (χ1) is 12.8. The second-order valence-electron chi connectivity index (χ2n) is 5.82. The van der Waals surface area contributed by atoms with Crippen LogP contribution in [0.5, 0.6) is 5.75 Å². The van der Waals surface area contributed by atoms with Crippen molar-refractivity contribution in [2.45, 2.75) is 13.0 Å². The van der Waals surface area contributed by atoms with Crippen LogP contribution >= 0.6 is 11.3 Å². The van der Waals surface area contributed by atoms with Crippen molar-refractivity contribution < 1.29 is 14.8 Å². The summed E-state index contributed by atoms with van der Waals surface area (Å²) < 4.78 is 5.57. The lowest BCUT2D eigenvalue weighted by Gasteiger charge is -2.15. The van der Waals surface area contributed by atoms with E-state index in [1.54, 1.807) is 11.3 Å². The van der Waals surface area contributed by atoms with E-state index in [2.05, 4.69) is 34.2 Å². The molecule has 26 heavy (non-hydrogen) atoms.